The summed E-state index contributed by atoms with van der Waals surface area (Å²) in [5, 5.41) is 5.96. The molecule has 0 fully saturated rings. The first kappa shape index (κ1) is 12.7. The fourth-order valence-electron chi connectivity index (χ4n) is 1.62. The molecule has 1 heteroatoms. The van der Waals surface area contributed by atoms with Gasteiger partial charge in [-0.05, 0) is 28.9 Å². The maximum Gasteiger partial charge on any atom is 0.0205 e. The van der Waals surface area contributed by atoms with Crippen LogP contribution in [0.25, 0.3) is 10.8 Å². The van der Waals surface area contributed by atoms with Gasteiger partial charge in [0.25, 0.3) is 0 Å². The van der Waals surface area contributed by atoms with Gasteiger partial charge in [-0.1, -0.05) is 57.2 Å². The summed E-state index contributed by atoms with van der Waals surface area (Å²) in [4.78, 5) is 0. The second kappa shape index (κ2) is 7.02. The van der Waals surface area contributed by atoms with E-state index in [1.165, 1.54) is 16.3 Å². The maximum absolute atomic E-state index is 3.33. The lowest BCUT2D eigenvalue weighted by Crippen LogP contribution is -2.11. The lowest BCUT2D eigenvalue weighted by Gasteiger charge is -2.03. The molecule has 0 atom stereocenters. The van der Waals surface area contributed by atoms with E-state index in [2.05, 4.69) is 54.7 Å². The van der Waals surface area contributed by atoms with Gasteiger partial charge in [-0.2, -0.15) is 0 Å². The fraction of sp³-hybridized carbons (Fsp3) is 0.333. The number of benzene rings is 2. The second-order valence-corrected chi connectivity index (χ2v) is 3.46. The third-order valence-electron chi connectivity index (χ3n) is 2.39. The number of fused-ring (bicyclic) bond motifs is 1. The van der Waals surface area contributed by atoms with Crippen molar-refractivity contribution in [1.82, 2.24) is 5.32 Å². The van der Waals surface area contributed by atoms with Gasteiger partial charge >= 0.3 is 0 Å². The van der Waals surface area contributed by atoms with Crippen molar-refractivity contribution in [2.45, 2.75) is 27.3 Å². The van der Waals surface area contributed by atoms with Gasteiger partial charge in [-0.25, -0.2) is 0 Å². The first-order valence-corrected chi connectivity index (χ1v) is 6.08. The Morgan fingerprint density at radius 2 is 1.62 bits per heavy atom. The molecule has 0 aliphatic heterocycles. The third kappa shape index (κ3) is 3.35. The molecule has 0 aliphatic rings. The van der Waals surface area contributed by atoms with Crippen LogP contribution in [0.5, 0.6) is 0 Å². The number of hydrogen-bond acceptors (Lipinski definition) is 1. The Balaban J connectivity index is 0.000000606. The van der Waals surface area contributed by atoms with Gasteiger partial charge in [0.1, 0.15) is 0 Å². The van der Waals surface area contributed by atoms with Gasteiger partial charge in [0.15, 0.2) is 0 Å². The molecular formula is C15H21N. The van der Waals surface area contributed by atoms with Crippen molar-refractivity contribution in [3.05, 3.63) is 48.0 Å². The van der Waals surface area contributed by atoms with E-state index in [-0.39, 0.29) is 0 Å². The molecule has 0 bridgehead atoms. The molecule has 86 valence electrons. The van der Waals surface area contributed by atoms with Gasteiger partial charge in [0.05, 0.1) is 0 Å². The predicted molar refractivity (Wildman–Crippen MR) is 72.7 cm³/mol. The quantitative estimate of drug-likeness (QED) is 0.816. The topological polar surface area (TPSA) is 12.0 Å². The SMILES string of the molecule is CC.CCNCc1ccc2ccccc2c1. The molecule has 0 spiro atoms. The fourth-order valence-corrected chi connectivity index (χ4v) is 1.62. The van der Waals surface area contributed by atoms with Crippen molar-refractivity contribution in [2.75, 3.05) is 6.54 Å². The molecule has 2 aromatic carbocycles. The standard InChI is InChI=1S/C13H15N.C2H6/c1-2-14-10-11-7-8-12-5-3-4-6-13(12)9-11;1-2/h3-9,14H,2,10H2,1H3;1-2H3. The highest BCUT2D eigenvalue weighted by Gasteiger charge is 1.94. The summed E-state index contributed by atoms with van der Waals surface area (Å²) < 4.78 is 0. The summed E-state index contributed by atoms with van der Waals surface area (Å²) in [5.74, 6) is 0. The molecular weight excluding hydrogens is 194 g/mol. The van der Waals surface area contributed by atoms with Crippen LogP contribution in [0.3, 0.4) is 0 Å². The van der Waals surface area contributed by atoms with Crippen LogP contribution in [0, 0.1) is 0 Å². The van der Waals surface area contributed by atoms with Crippen molar-refractivity contribution < 1.29 is 0 Å². The summed E-state index contributed by atoms with van der Waals surface area (Å²) in [6.07, 6.45) is 0. The second-order valence-electron chi connectivity index (χ2n) is 3.46. The van der Waals surface area contributed by atoms with Gasteiger partial charge in [-0.3, -0.25) is 0 Å². The Morgan fingerprint density at radius 3 is 2.31 bits per heavy atom. The lowest BCUT2D eigenvalue weighted by atomic mass is 10.1. The van der Waals surface area contributed by atoms with Crippen LogP contribution in [-0.4, -0.2) is 6.54 Å². The monoisotopic (exact) mass is 215 g/mol. The largest absolute Gasteiger partial charge is 0.313 e. The molecule has 2 aromatic rings. The Bertz CT molecular complexity index is 420. The van der Waals surface area contributed by atoms with Crippen LogP contribution in [0.15, 0.2) is 42.5 Å². The van der Waals surface area contributed by atoms with Crippen molar-refractivity contribution >= 4 is 10.8 Å². The molecule has 0 amide bonds. The van der Waals surface area contributed by atoms with E-state index in [1.54, 1.807) is 0 Å². The minimum atomic E-state index is 0.960. The summed E-state index contributed by atoms with van der Waals surface area (Å²) in [6.45, 7) is 8.11. The first-order valence-electron chi connectivity index (χ1n) is 6.08. The lowest BCUT2D eigenvalue weighted by molar-refractivity contribution is 0.727. The molecule has 16 heavy (non-hydrogen) atoms. The Kier molecular flexibility index (Phi) is 5.58. The average Bonchev–Trinajstić information content (AvgIpc) is 2.38. The van der Waals surface area contributed by atoms with E-state index in [9.17, 15) is 0 Å². The number of hydrogen-bond donors (Lipinski definition) is 1. The third-order valence-corrected chi connectivity index (χ3v) is 2.39. The number of nitrogens with one attached hydrogen (secondary N) is 1. The molecule has 1 nitrogen and oxygen atoms in total. The van der Waals surface area contributed by atoms with Crippen LogP contribution in [0.1, 0.15) is 26.3 Å². The van der Waals surface area contributed by atoms with Crippen LogP contribution >= 0.6 is 0 Å². The van der Waals surface area contributed by atoms with E-state index in [0.717, 1.165) is 13.1 Å². The van der Waals surface area contributed by atoms with Crippen LogP contribution < -0.4 is 5.32 Å². The summed E-state index contributed by atoms with van der Waals surface area (Å²) >= 11 is 0. The highest BCUT2D eigenvalue weighted by Crippen LogP contribution is 2.15. The summed E-state index contributed by atoms with van der Waals surface area (Å²) in [7, 11) is 0. The summed E-state index contributed by atoms with van der Waals surface area (Å²) in [5.41, 5.74) is 1.35. The maximum atomic E-state index is 3.33. The predicted octanol–water partition coefficient (Wildman–Crippen LogP) is 3.98. The number of rotatable bonds is 3. The zero-order valence-electron chi connectivity index (χ0n) is 10.5. The summed E-state index contributed by atoms with van der Waals surface area (Å²) in [6, 6.07) is 15.1. The molecule has 0 heterocycles. The molecule has 0 radical (unpaired) electrons. The zero-order chi connectivity index (χ0) is 11.8. The minimum Gasteiger partial charge on any atom is -0.313 e. The Hall–Kier alpha value is -1.34. The molecule has 0 saturated carbocycles. The van der Waals surface area contributed by atoms with Crippen molar-refractivity contribution in [2.24, 2.45) is 0 Å². The minimum absolute atomic E-state index is 0.960. The van der Waals surface area contributed by atoms with Gasteiger partial charge in [0.2, 0.25) is 0 Å². The molecule has 0 unspecified atom stereocenters. The van der Waals surface area contributed by atoms with Gasteiger partial charge in [-0.15, -0.1) is 0 Å². The zero-order valence-corrected chi connectivity index (χ0v) is 10.5. The smallest absolute Gasteiger partial charge is 0.0205 e. The Labute approximate surface area is 98.5 Å². The normalized spacial score (nSPS) is 9.69. The van der Waals surface area contributed by atoms with Crippen molar-refractivity contribution in [3.63, 3.8) is 0 Å². The van der Waals surface area contributed by atoms with E-state index in [4.69, 9.17) is 0 Å². The first-order chi connectivity index (χ1) is 7.90. The average molecular weight is 215 g/mol. The van der Waals surface area contributed by atoms with Crippen molar-refractivity contribution in [3.8, 4) is 0 Å². The Morgan fingerprint density at radius 1 is 0.938 bits per heavy atom. The molecule has 0 saturated heterocycles. The van der Waals surface area contributed by atoms with Crippen LogP contribution in [0.2, 0.25) is 0 Å². The highest BCUT2D eigenvalue weighted by molar-refractivity contribution is 5.82. The molecule has 0 aromatic heterocycles. The van der Waals surface area contributed by atoms with E-state index in [0.29, 0.717) is 0 Å². The van der Waals surface area contributed by atoms with Gasteiger partial charge in [0, 0.05) is 6.54 Å². The molecule has 2 rings (SSSR count). The highest BCUT2D eigenvalue weighted by atomic mass is 14.8. The van der Waals surface area contributed by atoms with E-state index < -0.39 is 0 Å². The van der Waals surface area contributed by atoms with Gasteiger partial charge < -0.3 is 5.32 Å². The molecule has 1 N–H and O–H groups in total. The van der Waals surface area contributed by atoms with Crippen LogP contribution in [-0.2, 0) is 6.54 Å². The van der Waals surface area contributed by atoms with E-state index >= 15 is 0 Å². The van der Waals surface area contributed by atoms with E-state index in [1.807, 2.05) is 13.8 Å². The van der Waals surface area contributed by atoms with Crippen molar-refractivity contribution in [1.29, 1.82) is 0 Å². The van der Waals surface area contributed by atoms with Crippen LogP contribution in [0.4, 0.5) is 0 Å². The molecule has 0 aliphatic carbocycles.